The molecule has 5 heteroatoms. The second-order valence-electron chi connectivity index (χ2n) is 3.48. The van der Waals surface area contributed by atoms with Crippen LogP contribution in [0.5, 0.6) is 0 Å². The Hall–Kier alpha value is -1.91. The van der Waals surface area contributed by atoms with Gasteiger partial charge in [0.2, 0.25) is 0 Å². The zero-order valence-electron chi connectivity index (χ0n) is 9.09. The Balaban J connectivity index is 2.02. The SMILES string of the molecule is COC(=O)CCCn1nnc2ccccc21. The second-order valence-corrected chi connectivity index (χ2v) is 3.48. The van der Waals surface area contributed by atoms with E-state index in [4.69, 9.17) is 0 Å². The van der Waals surface area contributed by atoms with Gasteiger partial charge in [-0.25, -0.2) is 4.68 Å². The average molecular weight is 219 g/mol. The van der Waals surface area contributed by atoms with Crippen LogP contribution in [0, 0.1) is 0 Å². The van der Waals surface area contributed by atoms with E-state index in [1.165, 1.54) is 7.11 Å². The Morgan fingerprint density at radius 3 is 3.06 bits per heavy atom. The number of methoxy groups -OCH3 is 1. The monoisotopic (exact) mass is 219 g/mol. The van der Waals surface area contributed by atoms with Crippen LogP contribution in [0.2, 0.25) is 0 Å². The zero-order chi connectivity index (χ0) is 11.4. The molecule has 0 bridgehead atoms. The van der Waals surface area contributed by atoms with E-state index >= 15 is 0 Å². The van der Waals surface area contributed by atoms with E-state index < -0.39 is 0 Å². The lowest BCUT2D eigenvalue weighted by Gasteiger charge is -2.01. The minimum absolute atomic E-state index is 0.190. The smallest absolute Gasteiger partial charge is 0.305 e. The van der Waals surface area contributed by atoms with Gasteiger partial charge in [0.1, 0.15) is 5.52 Å². The summed E-state index contributed by atoms with van der Waals surface area (Å²) in [4.78, 5) is 10.9. The van der Waals surface area contributed by atoms with Crippen LogP contribution in [-0.4, -0.2) is 28.1 Å². The van der Waals surface area contributed by atoms with Gasteiger partial charge in [0.05, 0.1) is 12.6 Å². The number of para-hydroxylation sites is 1. The van der Waals surface area contributed by atoms with Crippen LogP contribution in [0.1, 0.15) is 12.8 Å². The molecule has 0 unspecified atom stereocenters. The van der Waals surface area contributed by atoms with Crippen molar-refractivity contribution < 1.29 is 9.53 Å². The van der Waals surface area contributed by atoms with Gasteiger partial charge < -0.3 is 4.74 Å². The largest absolute Gasteiger partial charge is 0.469 e. The number of aryl methyl sites for hydroxylation is 1. The molecule has 2 rings (SSSR count). The third kappa shape index (κ3) is 2.18. The van der Waals surface area contributed by atoms with E-state index in [2.05, 4.69) is 15.0 Å². The van der Waals surface area contributed by atoms with Gasteiger partial charge in [-0.1, -0.05) is 17.3 Å². The van der Waals surface area contributed by atoms with E-state index in [9.17, 15) is 4.79 Å². The standard InChI is InChI=1S/C11H13N3O2/c1-16-11(15)7-4-8-14-10-6-3-2-5-9(10)12-13-14/h2-3,5-6H,4,7-8H2,1H3. The van der Waals surface area contributed by atoms with Crippen LogP contribution < -0.4 is 0 Å². The van der Waals surface area contributed by atoms with Gasteiger partial charge in [-0.15, -0.1) is 5.10 Å². The van der Waals surface area contributed by atoms with Gasteiger partial charge in [0, 0.05) is 13.0 Å². The summed E-state index contributed by atoms with van der Waals surface area (Å²) in [6, 6.07) is 7.75. The molecule has 0 fully saturated rings. The van der Waals surface area contributed by atoms with E-state index in [1.807, 2.05) is 24.3 Å². The normalized spacial score (nSPS) is 10.6. The molecule has 1 aromatic heterocycles. The first-order valence-corrected chi connectivity index (χ1v) is 5.16. The minimum atomic E-state index is -0.190. The molecule has 0 aliphatic heterocycles. The van der Waals surface area contributed by atoms with Crippen molar-refractivity contribution in [1.82, 2.24) is 15.0 Å². The predicted molar refractivity (Wildman–Crippen MR) is 58.8 cm³/mol. The van der Waals surface area contributed by atoms with Gasteiger partial charge >= 0.3 is 5.97 Å². The Kier molecular flexibility index (Phi) is 3.14. The third-order valence-corrected chi connectivity index (χ3v) is 2.40. The lowest BCUT2D eigenvalue weighted by molar-refractivity contribution is -0.140. The fourth-order valence-electron chi connectivity index (χ4n) is 1.56. The lowest BCUT2D eigenvalue weighted by Crippen LogP contribution is -2.05. The number of aromatic nitrogens is 3. The number of carbonyl (C=O) groups is 1. The minimum Gasteiger partial charge on any atom is -0.469 e. The molecule has 5 nitrogen and oxygen atoms in total. The van der Waals surface area contributed by atoms with Crippen LogP contribution in [0.25, 0.3) is 11.0 Å². The van der Waals surface area contributed by atoms with Crippen LogP contribution in [-0.2, 0) is 16.1 Å². The lowest BCUT2D eigenvalue weighted by atomic mass is 10.3. The van der Waals surface area contributed by atoms with Crippen LogP contribution >= 0.6 is 0 Å². The average Bonchev–Trinajstić information content (AvgIpc) is 2.73. The van der Waals surface area contributed by atoms with Crippen molar-refractivity contribution in [3.8, 4) is 0 Å². The first-order chi connectivity index (χ1) is 7.81. The quantitative estimate of drug-likeness (QED) is 0.729. The number of ether oxygens (including phenoxy) is 1. The summed E-state index contributed by atoms with van der Waals surface area (Å²) in [5.74, 6) is -0.190. The molecule has 0 saturated carbocycles. The van der Waals surface area contributed by atoms with Crippen molar-refractivity contribution in [1.29, 1.82) is 0 Å². The van der Waals surface area contributed by atoms with Gasteiger partial charge in [-0.2, -0.15) is 0 Å². The molecule has 1 aromatic carbocycles. The number of hydrogen-bond acceptors (Lipinski definition) is 4. The molecular formula is C11H13N3O2. The third-order valence-electron chi connectivity index (χ3n) is 2.40. The molecule has 0 aliphatic rings. The van der Waals surface area contributed by atoms with Crippen molar-refractivity contribution in [2.75, 3.05) is 7.11 Å². The molecule has 1 heterocycles. The maximum atomic E-state index is 10.9. The highest BCUT2D eigenvalue weighted by atomic mass is 16.5. The first kappa shape index (κ1) is 10.6. The Morgan fingerprint density at radius 1 is 1.44 bits per heavy atom. The van der Waals surface area contributed by atoms with Crippen molar-refractivity contribution >= 4 is 17.0 Å². The van der Waals surface area contributed by atoms with E-state index in [-0.39, 0.29) is 5.97 Å². The van der Waals surface area contributed by atoms with E-state index in [1.54, 1.807) is 4.68 Å². The van der Waals surface area contributed by atoms with E-state index in [0.29, 0.717) is 19.4 Å². The highest BCUT2D eigenvalue weighted by molar-refractivity contribution is 5.73. The number of nitrogens with zero attached hydrogens (tertiary/aromatic N) is 3. The number of hydrogen-bond donors (Lipinski definition) is 0. The summed E-state index contributed by atoms with van der Waals surface area (Å²) in [7, 11) is 1.40. The Morgan fingerprint density at radius 2 is 2.25 bits per heavy atom. The van der Waals surface area contributed by atoms with Gasteiger partial charge in [0.25, 0.3) is 0 Å². The molecule has 0 N–H and O–H groups in total. The molecular weight excluding hydrogens is 206 g/mol. The molecule has 16 heavy (non-hydrogen) atoms. The summed E-state index contributed by atoms with van der Waals surface area (Å²) in [5, 5.41) is 8.07. The zero-order valence-corrected chi connectivity index (χ0v) is 9.09. The molecule has 0 aliphatic carbocycles. The number of fused-ring (bicyclic) bond motifs is 1. The molecule has 0 atom stereocenters. The molecule has 0 spiro atoms. The van der Waals surface area contributed by atoms with Gasteiger partial charge in [0.15, 0.2) is 0 Å². The number of benzene rings is 1. The van der Waals surface area contributed by atoms with Crippen molar-refractivity contribution in [3.63, 3.8) is 0 Å². The molecule has 2 aromatic rings. The molecule has 0 amide bonds. The van der Waals surface area contributed by atoms with Crippen molar-refractivity contribution in [2.24, 2.45) is 0 Å². The number of rotatable bonds is 4. The summed E-state index contributed by atoms with van der Waals surface area (Å²) < 4.78 is 6.38. The van der Waals surface area contributed by atoms with Gasteiger partial charge in [-0.05, 0) is 18.6 Å². The van der Waals surface area contributed by atoms with Crippen molar-refractivity contribution in [3.05, 3.63) is 24.3 Å². The fraction of sp³-hybridized carbons (Fsp3) is 0.364. The second kappa shape index (κ2) is 4.74. The summed E-state index contributed by atoms with van der Waals surface area (Å²) in [6.45, 7) is 0.676. The Labute approximate surface area is 93.0 Å². The topological polar surface area (TPSA) is 57.0 Å². The van der Waals surface area contributed by atoms with E-state index in [0.717, 1.165) is 11.0 Å². The maximum Gasteiger partial charge on any atom is 0.305 e. The number of esters is 1. The summed E-state index contributed by atoms with van der Waals surface area (Å²) in [5.41, 5.74) is 1.87. The van der Waals surface area contributed by atoms with Crippen molar-refractivity contribution in [2.45, 2.75) is 19.4 Å². The molecule has 84 valence electrons. The molecule has 0 saturated heterocycles. The summed E-state index contributed by atoms with van der Waals surface area (Å²) >= 11 is 0. The Bertz CT molecular complexity index is 493. The highest BCUT2D eigenvalue weighted by Gasteiger charge is 2.04. The van der Waals surface area contributed by atoms with Crippen LogP contribution in [0.15, 0.2) is 24.3 Å². The predicted octanol–water partition coefficient (Wildman–Crippen LogP) is 1.38. The molecule has 0 radical (unpaired) electrons. The van der Waals surface area contributed by atoms with Crippen LogP contribution in [0.4, 0.5) is 0 Å². The highest BCUT2D eigenvalue weighted by Crippen LogP contribution is 2.10. The fourth-order valence-corrected chi connectivity index (χ4v) is 1.56. The number of carbonyl (C=O) groups excluding carboxylic acids is 1. The van der Waals surface area contributed by atoms with Crippen LogP contribution in [0.3, 0.4) is 0 Å². The summed E-state index contributed by atoms with van der Waals surface area (Å²) in [6.07, 6.45) is 1.12. The van der Waals surface area contributed by atoms with Gasteiger partial charge in [-0.3, -0.25) is 4.79 Å². The maximum absolute atomic E-state index is 10.9. The first-order valence-electron chi connectivity index (χ1n) is 5.16.